The van der Waals surface area contributed by atoms with Gasteiger partial charge in [0, 0.05) is 13.0 Å². The van der Waals surface area contributed by atoms with Crippen molar-refractivity contribution in [2.24, 2.45) is 0 Å². The molecule has 0 aliphatic heterocycles. The normalized spacial score (nSPS) is 12.2. The number of aryl methyl sites for hydroxylation is 2. The van der Waals surface area contributed by atoms with E-state index in [1.165, 1.54) is 17.0 Å². The van der Waals surface area contributed by atoms with Crippen LogP contribution in [-0.4, -0.2) is 39.1 Å². The molecule has 1 aromatic heterocycles. The monoisotopic (exact) mass is 318 g/mol. The van der Waals surface area contributed by atoms with Crippen molar-refractivity contribution in [2.45, 2.75) is 33.3 Å². The number of aromatic nitrogens is 1. The van der Waals surface area contributed by atoms with Gasteiger partial charge in [-0.1, -0.05) is 19.1 Å². The summed E-state index contributed by atoms with van der Waals surface area (Å²) in [6.45, 7) is 6.01. The zero-order valence-corrected chi connectivity index (χ0v) is 13.6. The van der Waals surface area contributed by atoms with Gasteiger partial charge in [-0.05, 0) is 31.5 Å². The van der Waals surface area contributed by atoms with Crippen molar-refractivity contribution in [3.05, 3.63) is 47.2 Å². The van der Waals surface area contributed by atoms with E-state index in [2.05, 4.69) is 4.98 Å². The van der Waals surface area contributed by atoms with Crippen LogP contribution in [0.4, 0.5) is 0 Å². The summed E-state index contributed by atoms with van der Waals surface area (Å²) >= 11 is 0. The largest absolute Gasteiger partial charge is 0.508 e. The molecule has 0 unspecified atom stereocenters. The highest BCUT2D eigenvalue weighted by Gasteiger charge is 2.24. The van der Waals surface area contributed by atoms with Crippen LogP contribution in [0, 0.1) is 6.92 Å². The fraction of sp³-hybridized carbons (Fsp3) is 0.412. The molecule has 0 aliphatic rings. The first-order valence-electron chi connectivity index (χ1n) is 7.68. The molecule has 1 amide bonds. The molecule has 1 aromatic carbocycles. The third-order valence-electron chi connectivity index (χ3n) is 3.65. The Morgan fingerprint density at radius 3 is 2.70 bits per heavy atom. The summed E-state index contributed by atoms with van der Waals surface area (Å²) in [5.74, 6) is 0.522. The highest BCUT2D eigenvalue weighted by molar-refractivity contribution is 5.92. The standard InChI is InChI=1S/C17H22N2O4/c1-4-15-18-11(3)16(23-15)17(22)19(5-2)10-14(21)12-7-6-8-13(20)9-12/h6-9,14,20-21H,4-5,10H2,1-3H3/t14-/m0/s1. The van der Waals surface area contributed by atoms with Crippen molar-refractivity contribution in [1.82, 2.24) is 9.88 Å². The molecule has 2 rings (SSSR count). The van der Waals surface area contributed by atoms with Crippen LogP contribution >= 0.6 is 0 Å². The van der Waals surface area contributed by atoms with E-state index < -0.39 is 6.10 Å². The van der Waals surface area contributed by atoms with Crippen LogP contribution in [-0.2, 0) is 6.42 Å². The summed E-state index contributed by atoms with van der Waals surface area (Å²) in [6, 6.07) is 6.37. The number of hydrogen-bond acceptors (Lipinski definition) is 5. The molecular weight excluding hydrogens is 296 g/mol. The zero-order chi connectivity index (χ0) is 17.0. The summed E-state index contributed by atoms with van der Waals surface area (Å²) in [6.07, 6.45) is -0.272. The quantitative estimate of drug-likeness (QED) is 0.854. The topological polar surface area (TPSA) is 86.8 Å². The number of aromatic hydroxyl groups is 1. The minimum Gasteiger partial charge on any atom is -0.508 e. The number of carbonyl (C=O) groups is 1. The Morgan fingerprint density at radius 2 is 2.13 bits per heavy atom. The average Bonchev–Trinajstić information content (AvgIpc) is 2.92. The minimum atomic E-state index is -0.889. The fourth-order valence-electron chi connectivity index (χ4n) is 2.35. The average molecular weight is 318 g/mol. The van der Waals surface area contributed by atoms with Crippen LogP contribution in [0.2, 0.25) is 0 Å². The van der Waals surface area contributed by atoms with Gasteiger partial charge in [0.05, 0.1) is 18.3 Å². The Morgan fingerprint density at radius 1 is 1.39 bits per heavy atom. The van der Waals surface area contributed by atoms with E-state index in [9.17, 15) is 15.0 Å². The minimum absolute atomic E-state index is 0.0783. The van der Waals surface area contributed by atoms with Crippen molar-refractivity contribution in [1.29, 1.82) is 0 Å². The van der Waals surface area contributed by atoms with Crippen LogP contribution in [0.3, 0.4) is 0 Å². The number of phenols is 1. The van der Waals surface area contributed by atoms with E-state index in [1.54, 1.807) is 19.1 Å². The van der Waals surface area contributed by atoms with Gasteiger partial charge in [-0.3, -0.25) is 4.79 Å². The number of aliphatic hydroxyl groups excluding tert-OH is 1. The Kier molecular flexibility index (Phi) is 5.39. The van der Waals surface area contributed by atoms with Gasteiger partial charge < -0.3 is 19.5 Å². The van der Waals surface area contributed by atoms with Crippen molar-refractivity contribution < 1.29 is 19.4 Å². The predicted molar refractivity (Wildman–Crippen MR) is 85.3 cm³/mol. The number of hydrogen-bond donors (Lipinski definition) is 2. The number of benzene rings is 1. The summed E-state index contributed by atoms with van der Waals surface area (Å²) in [4.78, 5) is 18.3. The Bertz CT molecular complexity index is 681. The van der Waals surface area contributed by atoms with Crippen LogP contribution < -0.4 is 0 Å². The molecular formula is C17H22N2O4. The van der Waals surface area contributed by atoms with Gasteiger partial charge >= 0.3 is 0 Å². The first-order chi connectivity index (χ1) is 11.0. The van der Waals surface area contributed by atoms with Crippen LogP contribution in [0.15, 0.2) is 28.7 Å². The number of nitrogens with zero attached hydrogens (tertiary/aromatic N) is 2. The highest BCUT2D eigenvalue weighted by Crippen LogP contribution is 2.21. The predicted octanol–water partition coefficient (Wildman–Crippen LogP) is 2.45. The number of oxazole rings is 1. The number of amides is 1. The van der Waals surface area contributed by atoms with E-state index >= 15 is 0 Å². The molecule has 6 heteroatoms. The third kappa shape index (κ3) is 3.90. The SMILES string of the molecule is CCc1nc(C)c(C(=O)N(CC)C[C@H](O)c2cccc(O)c2)o1. The van der Waals surface area contributed by atoms with Crippen LogP contribution in [0.25, 0.3) is 0 Å². The van der Waals surface area contributed by atoms with Gasteiger partial charge in [-0.25, -0.2) is 4.98 Å². The van der Waals surface area contributed by atoms with Gasteiger partial charge in [-0.15, -0.1) is 0 Å². The summed E-state index contributed by atoms with van der Waals surface area (Å²) in [7, 11) is 0. The summed E-state index contributed by atoms with van der Waals surface area (Å²) < 4.78 is 5.49. The molecule has 2 N–H and O–H groups in total. The Balaban J connectivity index is 2.15. The van der Waals surface area contributed by atoms with Gasteiger partial charge in [0.15, 0.2) is 5.89 Å². The second-order valence-corrected chi connectivity index (χ2v) is 5.33. The maximum Gasteiger partial charge on any atom is 0.291 e. The van der Waals surface area contributed by atoms with Gasteiger partial charge in [0.25, 0.3) is 5.91 Å². The molecule has 124 valence electrons. The van der Waals surface area contributed by atoms with E-state index in [0.29, 0.717) is 30.1 Å². The van der Waals surface area contributed by atoms with Crippen LogP contribution in [0.1, 0.15) is 47.7 Å². The summed E-state index contributed by atoms with van der Waals surface area (Å²) in [5.41, 5.74) is 1.11. The van der Waals surface area contributed by atoms with E-state index in [4.69, 9.17) is 4.42 Å². The molecule has 0 saturated heterocycles. The number of rotatable bonds is 6. The number of aliphatic hydroxyl groups is 1. The second kappa shape index (κ2) is 7.28. The second-order valence-electron chi connectivity index (χ2n) is 5.33. The summed E-state index contributed by atoms with van der Waals surface area (Å²) in [5, 5.41) is 19.8. The number of likely N-dealkylation sites (N-methyl/N-ethyl adjacent to an activating group) is 1. The van der Waals surface area contributed by atoms with Crippen molar-refractivity contribution in [3.63, 3.8) is 0 Å². The first kappa shape index (κ1) is 17.0. The van der Waals surface area contributed by atoms with Crippen molar-refractivity contribution in [2.75, 3.05) is 13.1 Å². The number of phenolic OH excluding ortho intramolecular Hbond substituents is 1. The molecule has 0 aliphatic carbocycles. The lowest BCUT2D eigenvalue weighted by molar-refractivity contribution is 0.0603. The van der Waals surface area contributed by atoms with E-state index in [-0.39, 0.29) is 24.0 Å². The molecule has 0 fully saturated rings. The van der Waals surface area contributed by atoms with Crippen LogP contribution in [0.5, 0.6) is 5.75 Å². The van der Waals surface area contributed by atoms with Gasteiger partial charge in [0.2, 0.25) is 5.76 Å². The molecule has 1 atom stereocenters. The molecule has 0 saturated carbocycles. The van der Waals surface area contributed by atoms with Crippen molar-refractivity contribution >= 4 is 5.91 Å². The first-order valence-corrected chi connectivity index (χ1v) is 7.68. The molecule has 2 aromatic rings. The number of carbonyl (C=O) groups excluding carboxylic acids is 1. The third-order valence-corrected chi connectivity index (χ3v) is 3.65. The molecule has 0 radical (unpaired) electrons. The lowest BCUT2D eigenvalue weighted by Gasteiger charge is -2.23. The molecule has 0 bridgehead atoms. The molecule has 6 nitrogen and oxygen atoms in total. The maximum absolute atomic E-state index is 12.6. The van der Waals surface area contributed by atoms with E-state index in [1.807, 2.05) is 13.8 Å². The highest BCUT2D eigenvalue weighted by atomic mass is 16.4. The van der Waals surface area contributed by atoms with E-state index in [0.717, 1.165) is 0 Å². The molecule has 23 heavy (non-hydrogen) atoms. The van der Waals surface area contributed by atoms with Crippen molar-refractivity contribution in [3.8, 4) is 5.75 Å². The Hall–Kier alpha value is -2.34. The zero-order valence-electron chi connectivity index (χ0n) is 13.6. The van der Waals surface area contributed by atoms with Gasteiger partial charge in [0.1, 0.15) is 5.75 Å². The molecule has 0 spiro atoms. The Labute approximate surface area is 135 Å². The lowest BCUT2D eigenvalue weighted by atomic mass is 10.1. The van der Waals surface area contributed by atoms with Gasteiger partial charge in [-0.2, -0.15) is 0 Å². The molecule has 1 heterocycles. The maximum atomic E-state index is 12.6. The fourth-order valence-corrected chi connectivity index (χ4v) is 2.35. The lowest BCUT2D eigenvalue weighted by Crippen LogP contribution is -2.34. The smallest absolute Gasteiger partial charge is 0.291 e.